The third-order valence-corrected chi connectivity index (χ3v) is 11.8. The summed E-state index contributed by atoms with van der Waals surface area (Å²) in [5, 5.41) is 13.5. The first kappa shape index (κ1) is 53.5. The number of phosphoric ester groups is 1. The van der Waals surface area contributed by atoms with Crippen LogP contribution >= 0.6 is 7.82 Å². The lowest BCUT2D eigenvalue weighted by atomic mass is 10.0. The summed E-state index contributed by atoms with van der Waals surface area (Å²) in [7, 11) is -4.69. The van der Waals surface area contributed by atoms with E-state index in [-0.39, 0.29) is 5.91 Å². The molecule has 0 aromatic carbocycles. The minimum absolute atomic E-state index is 0.187. The lowest BCUT2D eigenvalue weighted by Crippen LogP contribution is -2.46. The zero-order chi connectivity index (χ0) is 39.6. The number of rotatable bonds is 45. The fourth-order valence-electron chi connectivity index (χ4n) is 7.70. The molecule has 1 amide bonds. The van der Waals surface area contributed by atoms with Gasteiger partial charge >= 0.3 is 7.82 Å². The van der Waals surface area contributed by atoms with E-state index < -0.39 is 26.6 Å². The highest BCUT2D eigenvalue weighted by Gasteiger charge is 2.25. The second kappa shape index (κ2) is 42.2. The van der Waals surface area contributed by atoms with Gasteiger partial charge in [-0.1, -0.05) is 251 Å². The number of aliphatic hydroxyl groups excluding tert-OH is 1. The summed E-state index contributed by atoms with van der Waals surface area (Å²) in [6.07, 6.45) is 49.7. The van der Waals surface area contributed by atoms with Gasteiger partial charge in [0.1, 0.15) is 0 Å². The Morgan fingerprint density at radius 3 is 1.00 bits per heavy atom. The number of nitrogens with one attached hydrogen (secondary N) is 1. The van der Waals surface area contributed by atoms with Crippen LogP contribution in [0, 0.1) is 0 Å². The van der Waals surface area contributed by atoms with E-state index in [9.17, 15) is 24.3 Å². The van der Waals surface area contributed by atoms with Crippen molar-refractivity contribution < 1.29 is 28.8 Å². The number of amides is 1. The lowest BCUT2D eigenvalue weighted by Gasteiger charge is -2.24. The average molecular weight is 788 g/mol. The van der Waals surface area contributed by atoms with Crippen molar-refractivity contribution in [2.24, 2.45) is 0 Å². The molecule has 0 aromatic heterocycles. The molecule has 324 valence electrons. The van der Waals surface area contributed by atoms with Gasteiger partial charge in [-0.3, -0.25) is 9.32 Å². The van der Waals surface area contributed by atoms with E-state index in [0.717, 1.165) is 38.5 Å². The van der Waals surface area contributed by atoms with Gasteiger partial charge in [-0.2, -0.15) is 0 Å². The fourth-order valence-corrected chi connectivity index (χ4v) is 8.06. The molecule has 0 aliphatic carbocycles. The van der Waals surface area contributed by atoms with Gasteiger partial charge in [0.2, 0.25) is 5.91 Å². The van der Waals surface area contributed by atoms with Crippen molar-refractivity contribution in [2.75, 3.05) is 6.61 Å². The maximum Gasteiger partial charge on any atom is 0.469 e. The highest BCUT2D eigenvalue weighted by Crippen LogP contribution is 2.36. The standard InChI is InChI=1S/C46H94NO6P/c1-3-5-7-9-11-13-15-17-18-19-20-21-22-23-24-25-26-27-28-30-32-34-36-38-40-42-46(49)47-44(43-53-54(50,51)52)45(48)41-39-37-35-33-31-29-16-14-12-10-8-6-4-2/h44-45,48H,3-43H2,1-2H3,(H,47,49)(H2,50,51,52)/t44-,45+/m0/s1. The molecular formula is C46H94NO6P. The largest absolute Gasteiger partial charge is 0.469 e. The maximum atomic E-state index is 12.6. The van der Waals surface area contributed by atoms with E-state index in [1.807, 2.05) is 0 Å². The normalized spacial score (nSPS) is 13.1. The molecule has 8 heteroatoms. The third-order valence-electron chi connectivity index (χ3n) is 11.3. The topological polar surface area (TPSA) is 116 Å². The van der Waals surface area contributed by atoms with E-state index in [1.54, 1.807) is 0 Å². The predicted molar refractivity (Wildman–Crippen MR) is 232 cm³/mol. The van der Waals surface area contributed by atoms with Gasteiger partial charge in [-0.25, -0.2) is 4.57 Å². The second-order valence-corrected chi connectivity index (χ2v) is 18.0. The SMILES string of the molecule is CCCCCCCCCCCCCCCCCCCCCCCCCCCC(=O)N[C@@H](COP(=O)(O)O)[C@H](O)CCCCCCCCCCCCCCC. The first-order valence-corrected chi connectivity index (χ1v) is 25.5. The van der Waals surface area contributed by atoms with Gasteiger partial charge in [-0.15, -0.1) is 0 Å². The molecule has 0 saturated heterocycles. The van der Waals surface area contributed by atoms with Gasteiger partial charge in [-0.05, 0) is 12.8 Å². The van der Waals surface area contributed by atoms with Crippen LogP contribution in [0.25, 0.3) is 0 Å². The van der Waals surface area contributed by atoms with E-state index >= 15 is 0 Å². The molecule has 0 radical (unpaired) electrons. The summed E-state index contributed by atoms with van der Waals surface area (Å²) >= 11 is 0. The van der Waals surface area contributed by atoms with E-state index in [4.69, 9.17) is 0 Å². The van der Waals surface area contributed by atoms with Crippen molar-refractivity contribution in [1.82, 2.24) is 5.32 Å². The highest BCUT2D eigenvalue weighted by molar-refractivity contribution is 7.46. The molecule has 0 fully saturated rings. The summed E-state index contributed by atoms with van der Waals surface area (Å²) in [4.78, 5) is 31.0. The van der Waals surface area contributed by atoms with Crippen LogP contribution in [0.1, 0.15) is 271 Å². The summed E-state index contributed by atoms with van der Waals surface area (Å²) in [5.74, 6) is -0.187. The van der Waals surface area contributed by atoms with E-state index in [1.165, 1.54) is 205 Å². The Kier molecular flexibility index (Phi) is 41.8. The van der Waals surface area contributed by atoms with Gasteiger partial charge in [0.15, 0.2) is 0 Å². The predicted octanol–water partition coefficient (Wildman–Crippen LogP) is 14.6. The molecule has 7 nitrogen and oxygen atoms in total. The number of unbranched alkanes of at least 4 members (excludes halogenated alkanes) is 36. The van der Waals surface area contributed by atoms with E-state index in [0.29, 0.717) is 12.8 Å². The van der Waals surface area contributed by atoms with Gasteiger partial charge in [0.05, 0.1) is 18.8 Å². The summed E-state index contributed by atoms with van der Waals surface area (Å²) in [6, 6.07) is -0.818. The number of aliphatic hydroxyl groups is 1. The molecule has 54 heavy (non-hydrogen) atoms. The monoisotopic (exact) mass is 788 g/mol. The van der Waals surface area contributed by atoms with Crippen molar-refractivity contribution in [3.8, 4) is 0 Å². The van der Waals surface area contributed by atoms with Crippen LogP contribution in [0.2, 0.25) is 0 Å². The molecule has 0 saturated carbocycles. The molecule has 0 spiro atoms. The van der Waals surface area contributed by atoms with Gasteiger partial charge in [0.25, 0.3) is 0 Å². The van der Waals surface area contributed by atoms with Crippen LogP contribution in [-0.4, -0.2) is 39.6 Å². The Hall–Kier alpha value is -0.460. The van der Waals surface area contributed by atoms with Crippen molar-refractivity contribution in [1.29, 1.82) is 0 Å². The summed E-state index contributed by atoms with van der Waals surface area (Å²) in [6.45, 7) is 4.15. The molecule has 0 aliphatic heterocycles. The molecule has 4 N–H and O–H groups in total. The number of carbonyl (C=O) groups is 1. The summed E-state index contributed by atoms with van der Waals surface area (Å²) in [5.41, 5.74) is 0. The smallest absolute Gasteiger partial charge is 0.391 e. The number of hydrogen-bond acceptors (Lipinski definition) is 4. The zero-order valence-electron chi connectivity index (χ0n) is 36.2. The number of phosphoric acid groups is 1. The molecule has 0 bridgehead atoms. The highest BCUT2D eigenvalue weighted by atomic mass is 31.2. The first-order chi connectivity index (χ1) is 26.3. The Morgan fingerprint density at radius 1 is 0.463 bits per heavy atom. The average Bonchev–Trinajstić information content (AvgIpc) is 3.14. The molecule has 0 aliphatic rings. The van der Waals surface area contributed by atoms with Crippen LogP contribution in [0.3, 0.4) is 0 Å². The molecule has 2 atom stereocenters. The number of carbonyl (C=O) groups excluding carboxylic acids is 1. The van der Waals surface area contributed by atoms with Crippen molar-refractivity contribution in [3.05, 3.63) is 0 Å². The van der Waals surface area contributed by atoms with Crippen molar-refractivity contribution >= 4 is 13.7 Å². The minimum Gasteiger partial charge on any atom is -0.391 e. The minimum atomic E-state index is -4.69. The second-order valence-electron chi connectivity index (χ2n) is 16.8. The molecule has 0 unspecified atom stereocenters. The Balaban J connectivity index is 3.73. The third kappa shape index (κ3) is 42.7. The van der Waals surface area contributed by atoms with Crippen LogP contribution < -0.4 is 5.32 Å². The molecule has 0 rings (SSSR count). The maximum absolute atomic E-state index is 12.6. The van der Waals surface area contributed by atoms with Gasteiger partial charge in [0, 0.05) is 6.42 Å². The zero-order valence-corrected chi connectivity index (χ0v) is 37.1. The first-order valence-electron chi connectivity index (χ1n) is 24.0. The molecule has 0 aromatic rings. The van der Waals surface area contributed by atoms with Crippen LogP contribution in [0.4, 0.5) is 0 Å². The fraction of sp³-hybridized carbons (Fsp3) is 0.978. The molecule has 0 heterocycles. The van der Waals surface area contributed by atoms with Crippen molar-refractivity contribution in [2.45, 2.75) is 283 Å². The quantitative estimate of drug-likeness (QED) is 0.0361. The van der Waals surface area contributed by atoms with E-state index in [2.05, 4.69) is 23.7 Å². The summed E-state index contributed by atoms with van der Waals surface area (Å²) < 4.78 is 16.0. The molecular weight excluding hydrogens is 693 g/mol. The Morgan fingerprint density at radius 2 is 0.722 bits per heavy atom. The van der Waals surface area contributed by atoms with Crippen LogP contribution in [-0.2, 0) is 13.9 Å². The van der Waals surface area contributed by atoms with Crippen molar-refractivity contribution in [3.63, 3.8) is 0 Å². The van der Waals surface area contributed by atoms with Crippen LogP contribution in [0.15, 0.2) is 0 Å². The number of hydrogen-bond donors (Lipinski definition) is 4. The van der Waals surface area contributed by atoms with Gasteiger partial charge < -0.3 is 20.2 Å². The Labute approximate surface area is 336 Å². The van der Waals surface area contributed by atoms with Crippen LogP contribution in [0.5, 0.6) is 0 Å². The lowest BCUT2D eigenvalue weighted by molar-refractivity contribution is -0.123. The Bertz CT molecular complexity index is 808.